The van der Waals surface area contributed by atoms with Gasteiger partial charge in [0.05, 0.1) is 17.4 Å². The number of nitrogens with one attached hydrogen (secondary N) is 1. The van der Waals surface area contributed by atoms with Crippen LogP contribution < -0.4 is 10.9 Å². The monoisotopic (exact) mass is 414 g/mol. The molecule has 0 bridgehead atoms. The molecule has 0 aliphatic rings. The molecule has 0 spiro atoms. The largest absolute Gasteiger partial charge is 0.356 e. The third-order valence-corrected chi connectivity index (χ3v) is 5.56. The van der Waals surface area contributed by atoms with Crippen molar-refractivity contribution in [3.8, 4) is 5.69 Å². The Bertz CT molecular complexity index is 1110. The van der Waals surface area contributed by atoms with Crippen LogP contribution in [0.15, 0.2) is 29.3 Å². The summed E-state index contributed by atoms with van der Waals surface area (Å²) in [6, 6.07) is 5.69. The molecular formula is C22H27ClN4O2. The Morgan fingerprint density at radius 2 is 2.00 bits per heavy atom. The molecule has 0 unspecified atom stereocenters. The lowest BCUT2D eigenvalue weighted by Crippen LogP contribution is -2.28. The Balaban J connectivity index is 1.98. The number of carbonyl (C=O) groups is 1. The van der Waals surface area contributed by atoms with Crippen LogP contribution >= 0.6 is 11.6 Å². The van der Waals surface area contributed by atoms with Gasteiger partial charge in [0, 0.05) is 30.2 Å². The maximum absolute atomic E-state index is 13.1. The number of amides is 1. The number of aromatic nitrogens is 3. The normalized spacial score (nSPS) is 11.2. The zero-order chi connectivity index (χ0) is 21.1. The van der Waals surface area contributed by atoms with E-state index in [0.29, 0.717) is 29.1 Å². The van der Waals surface area contributed by atoms with Gasteiger partial charge in [0.25, 0.3) is 5.56 Å². The summed E-state index contributed by atoms with van der Waals surface area (Å²) >= 11 is 6.21. The number of benzene rings is 1. The first-order valence-corrected chi connectivity index (χ1v) is 10.3. The standard InChI is InChI=1S/C22H27ClN4O2/c1-5-6-10-24-19(28)9-11-26-13-25-21-20(22(26)29)15(3)16(4)27(21)18-12-17(23)8-7-14(18)2/h7-8,12-13H,5-6,9-11H2,1-4H3,(H,24,28). The van der Waals surface area contributed by atoms with Crippen LogP contribution in [0, 0.1) is 20.8 Å². The smallest absolute Gasteiger partial charge is 0.263 e. The Kier molecular flexibility index (Phi) is 6.42. The van der Waals surface area contributed by atoms with Gasteiger partial charge in [-0.05, 0) is 50.5 Å². The molecule has 3 rings (SSSR count). The van der Waals surface area contributed by atoms with Crippen LogP contribution in [0.2, 0.25) is 5.02 Å². The Morgan fingerprint density at radius 1 is 1.24 bits per heavy atom. The minimum atomic E-state index is -0.129. The van der Waals surface area contributed by atoms with Gasteiger partial charge < -0.3 is 5.32 Å². The molecule has 1 N–H and O–H groups in total. The number of rotatable bonds is 7. The Morgan fingerprint density at radius 3 is 2.72 bits per heavy atom. The molecule has 0 atom stereocenters. The summed E-state index contributed by atoms with van der Waals surface area (Å²) in [6.45, 7) is 8.96. The molecule has 1 aromatic carbocycles. The van der Waals surface area contributed by atoms with E-state index in [1.165, 1.54) is 10.9 Å². The van der Waals surface area contributed by atoms with E-state index in [9.17, 15) is 9.59 Å². The van der Waals surface area contributed by atoms with E-state index < -0.39 is 0 Å². The molecule has 0 saturated carbocycles. The van der Waals surface area contributed by atoms with Crippen LogP contribution in [0.1, 0.15) is 43.0 Å². The summed E-state index contributed by atoms with van der Waals surface area (Å²) in [5.41, 5.74) is 4.27. The second kappa shape index (κ2) is 8.82. The molecule has 0 radical (unpaired) electrons. The molecule has 2 heterocycles. The van der Waals surface area contributed by atoms with Crippen LogP contribution in [0.4, 0.5) is 0 Å². The maximum Gasteiger partial charge on any atom is 0.263 e. The third-order valence-electron chi connectivity index (χ3n) is 5.33. The SMILES string of the molecule is CCCCNC(=O)CCn1cnc2c(c(C)c(C)n2-c2cc(Cl)ccc2C)c1=O. The van der Waals surface area contributed by atoms with Crippen LogP contribution in [0.5, 0.6) is 0 Å². The predicted octanol–water partition coefficient (Wildman–Crippen LogP) is 4.07. The number of carbonyl (C=O) groups excluding carboxylic acids is 1. The third kappa shape index (κ3) is 4.22. The fraction of sp³-hybridized carbons (Fsp3) is 0.409. The first kappa shape index (κ1) is 21.1. The predicted molar refractivity (Wildman–Crippen MR) is 117 cm³/mol. The second-order valence-corrected chi connectivity index (χ2v) is 7.81. The van der Waals surface area contributed by atoms with Gasteiger partial charge in [-0.2, -0.15) is 0 Å². The fourth-order valence-corrected chi connectivity index (χ4v) is 3.64. The van der Waals surface area contributed by atoms with Crippen LogP contribution in [-0.2, 0) is 11.3 Å². The van der Waals surface area contributed by atoms with Crippen molar-refractivity contribution >= 4 is 28.5 Å². The molecular weight excluding hydrogens is 388 g/mol. The van der Waals surface area contributed by atoms with Crippen molar-refractivity contribution < 1.29 is 4.79 Å². The summed E-state index contributed by atoms with van der Waals surface area (Å²) in [5, 5.41) is 4.09. The molecule has 6 nitrogen and oxygen atoms in total. The van der Waals surface area contributed by atoms with Gasteiger partial charge in [0.15, 0.2) is 5.65 Å². The van der Waals surface area contributed by atoms with Crippen molar-refractivity contribution in [1.29, 1.82) is 0 Å². The minimum Gasteiger partial charge on any atom is -0.356 e. The lowest BCUT2D eigenvalue weighted by atomic mass is 10.2. The highest BCUT2D eigenvalue weighted by molar-refractivity contribution is 6.30. The molecule has 2 aromatic heterocycles. The lowest BCUT2D eigenvalue weighted by Gasteiger charge is -2.12. The lowest BCUT2D eigenvalue weighted by molar-refractivity contribution is -0.121. The fourth-order valence-electron chi connectivity index (χ4n) is 3.48. The zero-order valence-electron chi connectivity index (χ0n) is 17.4. The molecule has 154 valence electrons. The van der Waals surface area contributed by atoms with Crippen molar-refractivity contribution in [2.45, 2.75) is 53.5 Å². The number of aryl methyl sites for hydroxylation is 3. The summed E-state index contributed by atoms with van der Waals surface area (Å²) < 4.78 is 3.50. The number of unbranched alkanes of at least 4 members (excludes halogenated alkanes) is 1. The summed E-state index contributed by atoms with van der Waals surface area (Å²) in [6.07, 6.45) is 3.76. The van der Waals surface area contributed by atoms with Crippen molar-refractivity contribution in [1.82, 2.24) is 19.4 Å². The van der Waals surface area contributed by atoms with Gasteiger partial charge >= 0.3 is 0 Å². The number of hydrogen-bond acceptors (Lipinski definition) is 3. The van der Waals surface area contributed by atoms with Crippen molar-refractivity contribution in [2.75, 3.05) is 6.54 Å². The molecule has 7 heteroatoms. The number of fused-ring (bicyclic) bond motifs is 1. The molecule has 0 fully saturated rings. The van der Waals surface area contributed by atoms with E-state index in [2.05, 4.69) is 17.2 Å². The van der Waals surface area contributed by atoms with Crippen molar-refractivity contribution in [2.24, 2.45) is 0 Å². The Hall–Kier alpha value is -2.60. The van der Waals surface area contributed by atoms with Gasteiger partial charge in [-0.25, -0.2) is 4.98 Å². The minimum absolute atomic E-state index is 0.0505. The van der Waals surface area contributed by atoms with E-state index >= 15 is 0 Å². The summed E-state index contributed by atoms with van der Waals surface area (Å²) in [7, 11) is 0. The van der Waals surface area contributed by atoms with Crippen molar-refractivity contribution in [3.05, 3.63) is 56.7 Å². The number of halogens is 1. The summed E-state index contributed by atoms with van der Waals surface area (Å²) in [5.74, 6) is -0.0505. The maximum atomic E-state index is 13.1. The number of hydrogen-bond donors (Lipinski definition) is 1. The topological polar surface area (TPSA) is 68.9 Å². The van der Waals surface area contributed by atoms with Gasteiger partial charge in [-0.1, -0.05) is 31.0 Å². The van der Waals surface area contributed by atoms with Gasteiger partial charge in [0.2, 0.25) is 5.91 Å². The van der Waals surface area contributed by atoms with E-state index in [0.717, 1.165) is 35.3 Å². The Labute approximate surface area is 175 Å². The highest BCUT2D eigenvalue weighted by atomic mass is 35.5. The zero-order valence-corrected chi connectivity index (χ0v) is 18.1. The van der Waals surface area contributed by atoms with Gasteiger partial charge in [0.1, 0.15) is 0 Å². The van der Waals surface area contributed by atoms with Crippen LogP contribution in [-0.4, -0.2) is 26.6 Å². The van der Waals surface area contributed by atoms with E-state index in [4.69, 9.17) is 11.6 Å². The van der Waals surface area contributed by atoms with Crippen LogP contribution in [0.25, 0.3) is 16.7 Å². The molecule has 1 amide bonds. The summed E-state index contributed by atoms with van der Waals surface area (Å²) in [4.78, 5) is 29.7. The van der Waals surface area contributed by atoms with Gasteiger partial charge in [-0.3, -0.25) is 18.7 Å². The quantitative estimate of drug-likeness (QED) is 0.592. The highest BCUT2D eigenvalue weighted by Crippen LogP contribution is 2.28. The average molecular weight is 415 g/mol. The van der Waals surface area contributed by atoms with Crippen molar-refractivity contribution in [3.63, 3.8) is 0 Å². The highest BCUT2D eigenvalue weighted by Gasteiger charge is 2.19. The van der Waals surface area contributed by atoms with E-state index in [-0.39, 0.29) is 17.9 Å². The molecule has 0 aliphatic carbocycles. The first-order chi connectivity index (χ1) is 13.8. The first-order valence-electron chi connectivity index (χ1n) is 9.95. The molecule has 3 aromatic rings. The molecule has 0 aliphatic heterocycles. The van der Waals surface area contributed by atoms with E-state index in [1.807, 2.05) is 43.5 Å². The second-order valence-electron chi connectivity index (χ2n) is 7.37. The molecule has 0 saturated heterocycles. The molecule has 29 heavy (non-hydrogen) atoms. The van der Waals surface area contributed by atoms with E-state index in [1.54, 1.807) is 0 Å². The number of nitrogens with zero attached hydrogens (tertiary/aromatic N) is 3. The average Bonchev–Trinajstić information content (AvgIpc) is 2.94. The van der Waals surface area contributed by atoms with Crippen LogP contribution in [0.3, 0.4) is 0 Å². The van der Waals surface area contributed by atoms with Gasteiger partial charge in [-0.15, -0.1) is 0 Å².